The zero-order valence-corrected chi connectivity index (χ0v) is 18.6. The quantitative estimate of drug-likeness (QED) is 0.563. The van der Waals surface area contributed by atoms with Crippen molar-refractivity contribution < 1.29 is 27.1 Å². The summed E-state index contributed by atoms with van der Waals surface area (Å²) in [5, 5.41) is 9.99. The second-order valence-corrected chi connectivity index (χ2v) is 9.32. The molecule has 0 unspecified atom stereocenters. The SMILES string of the molecule is CCN1CCN(c2cc(C(=O)O)c3cc(NS(=O)(=O)c4cc(F)ccc4F)ccc3n2)CC1. The van der Waals surface area contributed by atoms with Gasteiger partial charge in [0.25, 0.3) is 10.0 Å². The molecule has 0 aliphatic carbocycles. The maximum Gasteiger partial charge on any atom is 0.336 e. The summed E-state index contributed by atoms with van der Waals surface area (Å²) in [6.07, 6.45) is 0. The van der Waals surface area contributed by atoms with Crippen molar-refractivity contribution in [3.8, 4) is 0 Å². The average molecular weight is 477 g/mol. The number of carbonyl (C=O) groups is 1. The predicted octanol–water partition coefficient (Wildman–Crippen LogP) is 3.15. The number of benzene rings is 2. The van der Waals surface area contributed by atoms with E-state index in [0.29, 0.717) is 30.5 Å². The lowest BCUT2D eigenvalue weighted by Gasteiger charge is -2.35. The number of nitrogens with one attached hydrogen (secondary N) is 1. The van der Waals surface area contributed by atoms with E-state index in [1.54, 1.807) is 0 Å². The number of halogens is 2. The van der Waals surface area contributed by atoms with Gasteiger partial charge in [0.05, 0.1) is 11.1 Å². The Labute approximate surface area is 189 Å². The first-order valence-electron chi connectivity index (χ1n) is 10.3. The van der Waals surface area contributed by atoms with Crippen LogP contribution in [0, 0.1) is 11.6 Å². The third-order valence-corrected chi connectivity index (χ3v) is 7.00. The first-order valence-corrected chi connectivity index (χ1v) is 11.8. The topological polar surface area (TPSA) is 103 Å². The number of hydrogen-bond donors (Lipinski definition) is 2. The zero-order valence-electron chi connectivity index (χ0n) is 17.8. The number of likely N-dealkylation sites (N-methyl/N-ethyl adjacent to an activating group) is 1. The lowest BCUT2D eigenvalue weighted by atomic mass is 10.1. The number of hydrogen-bond acceptors (Lipinski definition) is 6. The molecule has 4 rings (SSSR count). The smallest absolute Gasteiger partial charge is 0.336 e. The molecule has 0 saturated carbocycles. The molecule has 3 aromatic rings. The molecular weight excluding hydrogens is 454 g/mol. The number of anilines is 2. The Hall–Kier alpha value is -3.31. The lowest BCUT2D eigenvalue weighted by Crippen LogP contribution is -2.46. The molecule has 0 atom stereocenters. The van der Waals surface area contributed by atoms with Gasteiger partial charge >= 0.3 is 5.97 Å². The number of nitrogens with zero attached hydrogens (tertiary/aromatic N) is 3. The highest BCUT2D eigenvalue weighted by atomic mass is 32.2. The van der Waals surface area contributed by atoms with Gasteiger partial charge in [0.2, 0.25) is 0 Å². The van der Waals surface area contributed by atoms with E-state index in [9.17, 15) is 27.1 Å². The Bertz CT molecular complexity index is 1330. The van der Waals surface area contributed by atoms with Crippen LogP contribution in [0.1, 0.15) is 17.3 Å². The van der Waals surface area contributed by atoms with Gasteiger partial charge in [-0.3, -0.25) is 4.72 Å². The highest BCUT2D eigenvalue weighted by molar-refractivity contribution is 7.92. The molecule has 33 heavy (non-hydrogen) atoms. The van der Waals surface area contributed by atoms with E-state index in [2.05, 4.69) is 21.5 Å². The van der Waals surface area contributed by atoms with Crippen molar-refractivity contribution in [2.45, 2.75) is 11.8 Å². The van der Waals surface area contributed by atoms with Crippen LogP contribution in [0.25, 0.3) is 10.9 Å². The Morgan fingerprint density at radius 3 is 2.48 bits per heavy atom. The maximum absolute atomic E-state index is 14.0. The molecule has 1 saturated heterocycles. The summed E-state index contributed by atoms with van der Waals surface area (Å²) in [7, 11) is -4.45. The van der Waals surface area contributed by atoms with Gasteiger partial charge in [-0.15, -0.1) is 0 Å². The summed E-state index contributed by atoms with van der Waals surface area (Å²) < 4.78 is 54.8. The molecule has 8 nitrogen and oxygen atoms in total. The normalized spacial score (nSPS) is 15.1. The first kappa shape index (κ1) is 22.9. The van der Waals surface area contributed by atoms with Crippen molar-refractivity contribution >= 4 is 38.4 Å². The first-order chi connectivity index (χ1) is 15.7. The number of aromatic nitrogens is 1. The second kappa shape index (κ2) is 8.91. The van der Waals surface area contributed by atoms with Crippen molar-refractivity contribution in [2.75, 3.05) is 42.3 Å². The Morgan fingerprint density at radius 1 is 1.09 bits per heavy atom. The standard InChI is InChI=1S/C22H22F2N4O4S/c1-2-27-7-9-28(10-8-27)21-13-17(22(29)30)16-12-15(4-6-19(16)25-21)26-33(31,32)20-11-14(23)3-5-18(20)24/h3-6,11-13,26H,2,7-10H2,1H3,(H,29,30). The van der Waals surface area contributed by atoms with Gasteiger partial charge in [-0.1, -0.05) is 6.92 Å². The number of carboxylic acids is 1. The highest BCUT2D eigenvalue weighted by Gasteiger charge is 2.23. The largest absolute Gasteiger partial charge is 0.478 e. The van der Waals surface area contributed by atoms with Crippen LogP contribution < -0.4 is 9.62 Å². The van der Waals surface area contributed by atoms with Crippen molar-refractivity contribution in [1.29, 1.82) is 0 Å². The van der Waals surface area contributed by atoms with E-state index in [1.807, 2.05) is 4.90 Å². The fraction of sp³-hybridized carbons (Fsp3) is 0.273. The molecule has 1 aromatic heterocycles. The zero-order chi connectivity index (χ0) is 23.8. The number of carboxylic acid groups (broad SMARTS) is 1. The summed E-state index contributed by atoms with van der Waals surface area (Å²) >= 11 is 0. The van der Waals surface area contributed by atoms with Gasteiger partial charge in [0.15, 0.2) is 0 Å². The molecular formula is C22H22F2N4O4S. The lowest BCUT2D eigenvalue weighted by molar-refractivity contribution is 0.0699. The predicted molar refractivity (Wildman–Crippen MR) is 120 cm³/mol. The van der Waals surface area contributed by atoms with E-state index in [4.69, 9.17) is 0 Å². The molecule has 11 heteroatoms. The van der Waals surface area contributed by atoms with E-state index in [-0.39, 0.29) is 16.6 Å². The van der Waals surface area contributed by atoms with Gasteiger partial charge in [-0.25, -0.2) is 27.0 Å². The Balaban J connectivity index is 1.69. The highest BCUT2D eigenvalue weighted by Crippen LogP contribution is 2.28. The number of piperazine rings is 1. The van der Waals surface area contributed by atoms with Crippen LogP contribution >= 0.6 is 0 Å². The third kappa shape index (κ3) is 4.74. The van der Waals surface area contributed by atoms with Crippen LogP contribution in [0.4, 0.5) is 20.3 Å². The summed E-state index contributed by atoms with van der Waals surface area (Å²) in [5.41, 5.74) is 0.341. The van der Waals surface area contributed by atoms with E-state index < -0.39 is 32.5 Å². The van der Waals surface area contributed by atoms with Gasteiger partial charge in [-0.2, -0.15) is 0 Å². The van der Waals surface area contributed by atoms with E-state index in [1.165, 1.54) is 24.3 Å². The van der Waals surface area contributed by atoms with E-state index in [0.717, 1.165) is 31.8 Å². The molecule has 0 radical (unpaired) electrons. The number of sulfonamides is 1. The molecule has 2 heterocycles. The second-order valence-electron chi connectivity index (χ2n) is 7.67. The molecule has 0 amide bonds. The minimum atomic E-state index is -4.45. The molecule has 2 aromatic carbocycles. The molecule has 1 fully saturated rings. The average Bonchev–Trinajstić information content (AvgIpc) is 2.79. The molecule has 0 spiro atoms. The molecule has 174 valence electrons. The monoisotopic (exact) mass is 476 g/mol. The number of pyridine rings is 1. The van der Waals surface area contributed by atoms with E-state index >= 15 is 0 Å². The van der Waals surface area contributed by atoms with Gasteiger partial charge in [-0.05, 0) is 49.0 Å². The van der Waals surface area contributed by atoms with Crippen molar-refractivity contribution in [2.24, 2.45) is 0 Å². The van der Waals surface area contributed by atoms with Crippen LogP contribution in [0.15, 0.2) is 47.4 Å². The van der Waals surface area contributed by atoms with Gasteiger partial charge < -0.3 is 14.9 Å². The van der Waals surface area contributed by atoms with Crippen molar-refractivity contribution in [3.05, 3.63) is 59.7 Å². The molecule has 2 N–H and O–H groups in total. The summed E-state index contributed by atoms with van der Waals surface area (Å²) in [6.45, 7) is 6.13. The Kier molecular flexibility index (Phi) is 6.17. The van der Waals surface area contributed by atoms with Crippen molar-refractivity contribution in [1.82, 2.24) is 9.88 Å². The van der Waals surface area contributed by atoms with Gasteiger partial charge in [0, 0.05) is 37.3 Å². The molecule has 1 aliphatic heterocycles. The van der Waals surface area contributed by atoms with Crippen LogP contribution in [0.2, 0.25) is 0 Å². The maximum atomic E-state index is 14.0. The van der Waals surface area contributed by atoms with Gasteiger partial charge in [0.1, 0.15) is 22.3 Å². The number of aromatic carboxylic acids is 1. The van der Waals surface area contributed by atoms with Crippen LogP contribution in [0.5, 0.6) is 0 Å². The number of rotatable bonds is 6. The summed E-state index contributed by atoms with van der Waals surface area (Å²) in [4.78, 5) is 20.0. The minimum Gasteiger partial charge on any atom is -0.478 e. The van der Waals surface area contributed by atoms with Crippen LogP contribution in [-0.2, 0) is 10.0 Å². The number of fused-ring (bicyclic) bond motifs is 1. The molecule has 1 aliphatic rings. The third-order valence-electron chi connectivity index (χ3n) is 5.60. The summed E-state index contributed by atoms with van der Waals surface area (Å²) in [5.74, 6) is -2.66. The Morgan fingerprint density at radius 2 is 1.82 bits per heavy atom. The summed E-state index contributed by atoms with van der Waals surface area (Å²) in [6, 6.07) is 7.79. The fourth-order valence-electron chi connectivity index (χ4n) is 3.80. The van der Waals surface area contributed by atoms with Crippen molar-refractivity contribution in [3.63, 3.8) is 0 Å². The van der Waals surface area contributed by atoms with Crippen LogP contribution in [-0.4, -0.2) is 62.1 Å². The van der Waals surface area contributed by atoms with Crippen LogP contribution in [0.3, 0.4) is 0 Å². The fourth-order valence-corrected chi connectivity index (χ4v) is 4.94. The minimum absolute atomic E-state index is 0.000212. The molecule has 0 bridgehead atoms.